The number of hydrogen-bond donors (Lipinski definition) is 1. The zero-order valence-corrected chi connectivity index (χ0v) is 9.68. The number of esters is 1. The molecule has 0 saturated heterocycles. The van der Waals surface area contributed by atoms with Crippen LogP contribution in [0.15, 0.2) is 10.9 Å². The van der Waals surface area contributed by atoms with Gasteiger partial charge in [-0.3, -0.25) is 4.79 Å². The Morgan fingerprint density at radius 1 is 1.59 bits per heavy atom. The molecule has 94 valence electrons. The highest BCUT2D eigenvalue weighted by Gasteiger charge is 2.19. The van der Waals surface area contributed by atoms with Crippen LogP contribution in [-0.2, 0) is 10.6 Å². The Labute approximate surface area is 101 Å². The monoisotopic (exact) mass is 265 g/mol. The van der Waals surface area contributed by atoms with Crippen molar-refractivity contribution in [3.05, 3.63) is 33.2 Å². The first-order valence-electron chi connectivity index (χ1n) is 4.78. The third-order valence-electron chi connectivity index (χ3n) is 2.01. The van der Waals surface area contributed by atoms with Crippen molar-refractivity contribution in [3.63, 3.8) is 0 Å². The number of ether oxygens (including phenoxy) is 1. The van der Waals surface area contributed by atoms with Crippen molar-refractivity contribution in [2.45, 2.75) is 19.2 Å². The highest BCUT2D eigenvalue weighted by molar-refractivity contribution is 6.17. The third-order valence-corrected chi connectivity index (χ3v) is 2.28. The van der Waals surface area contributed by atoms with Crippen molar-refractivity contribution in [2.24, 2.45) is 0 Å². The number of carbonyl (C=O) groups is 1. The Morgan fingerprint density at radius 2 is 2.24 bits per heavy atom. The van der Waals surface area contributed by atoms with Crippen molar-refractivity contribution in [1.29, 1.82) is 0 Å². The molecule has 1 rings (SSSR count). The van der Waals surface area contributed by atoms with E-state index in [9.17, 15) is 18.4 Å². The van der Waals surface area contributed by atoms with Crippen LogP contribution < -0.4 is 5.43 Å². The fourth-order valence-corrected chi connectivity index (χ4v) is 1.53. The highest BCUT2D eigenvalue weighted by atomic mass is 35.5. The third kappa shape index (κ3) is 3.03. The molecule has 1 aromatic rings. The molecule has 0 atom stereocenters. The van der Waals surface area contributed by atoms with E-state index in [2.05, 4.69) is 9.72 Å². The van der Waals surface area contributed by atoms with Gasteiger partial charge in [-0.15, -0.1) is 11.6 Å². The summed E-state index contributed by atoms with van der Waals surface area (Å²) >= 11 is 5.40. The predicted octanol–water partition coefficient (Wildman–Crippen LogP) is 2.23. The van der Waals surface area contributed by atoms with E-state index in [1.54, 1.807) is 6.92 Å². The lowest BCUT2D eigenvalue weighted by Gasteiger charge is -2.08. The fourth-order valence-electron chi connectivity index (χ4n) is 1.25. The minimum absolute atomic E-state index is 0.0854. The van der Waals surface area contributed by atoms with E-state index in [1.807, 2.05) is 0 Å². The molecule has 0 radical (unpaired) electrons. The summed E-state index contributed by atoms with van der Waals surface area (Å²) in [7, 11) is 0. The summed E-state index contributed by atoms with van der Waals surface area (Å²) in [5, 5.41) is 0. The molecular formula is C10H10ClF2NO3. The minimum atomic E-state index is -2.91. The van der Waals surface area contributed by atoms with Gasteiger partial charge >= 0.3 is 5.97 Å². The van der Waals surface area contributed by atoms with E-state index in [1.165, 1.54) is 0 Å². The molecular weight excluding hydrogens is 256 g/mol. The first kappa shape index (κ1) is 13.6. The molecule has 4 nitrogen and oxygen atoms in total. The van der Waals surface area contributed by atoms with Crippen LogP contribution in [0.2, 0.25) is 0 Å². The SMILES string of the molecule is CCOC(=O)c1cc(=O)c(CCl)c(C(F)F)[nH]1. The average molecular weight is 266 g/mol. The van der Waals surface area contributed by atoms with Gasteiger partial charge in [0.1, 0.15) is 5.69 Å². The molecule has 0 bridgehead atoms. The summed E-state index contributed by atoms with van der Waals surface area (Å²) in [6.45, 7) is 1.65. The van der Waals surface area contributed by atoms with Gasteiger partial charge in [0.05, 0.1) is 18.2 Å². The van der Waals surface area contributed by atoms with Crippen LogP contribution in [0.4, 0.5) is 8.78 Å². The predicted molar refractivity (Wildman–Crippen MR) is 57.5 cm³/mol. The van der Waals surface area contributed by atoms with E-state index in [-0.39, 0.29) is 23.7 Å². The van der Waals surface area contributed by atoms with Gasteiger partial charge < -0.3 is 9.72 Å². The van der Waals surface area contributed by atoms with Gasteiger partial charge in [0.15, 0.2) is 5.43 Å². The van der Waals surface area contributed by atoms with Crippen LogP contribution in [0.3, 0.4) is 0 Å². The number of pyridine rings is 1. The van der Waals surface area contributed by atoms with Gasteiger partial charge in [-0.25, -0.2) is 13.6 Å². The molecule has 0 aliphatic heterocycles. The molecule has 0 saturated carbocycles. The summed E-state index contributed by atoms with van der Waals surface area (Å²) in [5.41, 5.74) is -1.90. The molecule has 0 aliphatic rings. The van der Waals surface area contributed by atoms with E-state index in [0.717, 1.165) is 6.07 Å². The Morgan fingerprint density at radius 3 is 2.71 bits per heavy atom. The molecule has 0 spiro atoms. The van der Waals surface area contributed by atoms with Gasteiger partial charge in [0.2, 0.25) is 0 Å². The van der Waals surface area contributed by atoms with Gasteiger partial charge in [0, 0.05) is 11.6 Å². The average Bonchev–Trinajstić information content (AvgIpc) is 2.28. The molecule has 0 aliphatic carbocycles. The molecule has 1 aromatic heterocycles. The molecule has 7 heteroatoms. The number of halogens is 3. The second kappa shape index (κ2) is 5.77. The first-order valence-corrected chi connectivity index (χ1v) is 5.32. The van der Waals surface area contributed by atoms with Crippen molar-refractivity contribution in [2.75, 3.05) is 6.61 Å². The molecule has 0 unspecified atom stereocenters. The molecule has 1 N–H and O–H groups in total. The molecule has 0 fully saturated rings. The smallest absolute Gasteiger partial charge is 0.354 e. The molecule has 0 aromatic carbocycles. The summed E-state index contributed by atoms with van der Waals surface area (Å²) in [4.78, 5) is 24.9. The van der Waals surface area contributed by atoms with Crippen molar-refractivity contribution < 1.29 is 18.3 Å². The summed E-state index contributed by atoms with van der Waals surface area (Å²) in [5.74, 6) is -1.20. The molecule has 1 heterocycles. The van der Waals surface area contributed by atoms with Crippen molar-refractivity contribution in [1.82, 2.24) is 4.98 Å². The van der Waals surface area contributed by atoms with Crippen LogP contribution in [0.1, 0.15) is 35.1 Å². The van der Waals surface area contributed by atoms with E-state index in [4.69, 9.17) is 11.6 Å². The minimum Gasteiger partial charge on any atom is -0.461 e. The zero-order chi connectivity index (χ0) is 13.0. The van der Waals surface area contributed by atoms with Gasteiger partial charge in [-0.2, -0.15) is 0 Å². The van der Waals surface area contributed by atoms with Crippen LogP contribution in [0.5, 0.6) is 0 Å². The Hall–Kier alpha value is -1.43. The van der Waals surface area contributed by atoms with Gasteiger partial charge in [-0.1, -0.05) is 0 Å². The number of aromatic nitrogens is 1. The lowest BCUT2D eigenvalue weighted by Crippen LogP contribution is -2.18. The van der Waals surface area contributed by atoms with E-state index < -0.39 is 23.5 Å². The van der Waals surface area contributed by atoms with Crippen LogP contribution in [0, 0.1) is 0 Å². The second-order valence-corrected chi connectivity index (χ2v) is 3.36. The summed E-state index contributed by atoms with van der Waals surface area (Å²) < 4.78 is 29.9. The quantitative estimate of drug-likeness (QED) is 0.671. The maximum atomic E-state index is 12.6. The summed E-state index contributed by atoms with van der Waals surface area (Å²) in [6.07, 6.45) is -2.91. The lowest BCUT2D eigenvalue weighted by atomic mass is 10.2. The number of aromatic amines is 1. The first-order chi connectivity index (χ1) is 8.01. The van der Waals surface area contributed by atoms with Crippen LogP contribution in [-0.4, -0.2) is 17.6 Å². The normalized spacial score (nSPS) is 10.6. The van der Waals surface area contributed by atoms with Crippen molar-refractivity contribution >= 4 is 17.6 Å². The number of nitrogens with one attached hydrogen (secondary N) is 1. The highest BCUT2D eigenvalue weighted by Crippen LogP contribution is 2.20. The van der Waals surface area contributed by atoms with Gasteiger partial charge in [0.25, 0.3) is 6.43 Å². The maximum Gasteiger partial charge on any atom is 0.354 e. The van der Waals surface area contributed by atoms with Crippen LogP contribution >= 0.6 is 11.6 Å². The number of alkyl halides is 3. The molecule has 0 amide bonds. The van der Waals surface area contributed by atoms with Crippen LogP contribution in [0.25, 0.3) is 0 Å². The second-order valence-electron chi connectivity index (χ2n) is 3.09. The zero-order valence-electron chi connectivity index (χ0n) is 8.93. The lowest BCUT2D eigenvalue weighted by molar-refractivity contribution is 0.0517. The standard InChI is InChI=1S/C10H10ClF2NO3/c1-2-17-10(16)6-3-7(15)5(4-11)8(14-6)9(12)13/h3,9H,2,4H2,1H3,(H,14,15). The maximum absolute atomic E-state index is 12.6. The van der Waals surface area contributed by atoms with E-state index >= 15 is 0 Å². The topological polar surface area (TPSA) is 59.2 Å². The summed E-state index contributed by atoms with van der Waals surface area (Å²) in [6, 6.07) is 0.904. The number of carbonyl (C=O) groups excluding carboxylic acids is 1. The Balaban J connectivity index is 3.29. The van der Waals surface area contributed by atoms with Crippen molar-refractivity contribution in [3.8, 4) is 0 Å². The van der Waals surface area contributed by atoms with Gasteiger partial charge in [-0.05, 0) is 6.92 Å². The Bertz CT molecular complexity index is 473. The number of rotatable bonds is 4. The Kier molecular flexibility index (Phi) is 4.62. The molecule has 17 heavy (non-hydrogen) atoms. The largest absolute Gasteiger partial charge is 0.461 e. The number of hydrogen-bond acceptors (Lipinski definition) is 3. The number of H-pyrrole nitrogens is 1. The fraction of sp³-hybridized carbons (Fsp3) is 0.400. The van der Waals surface area contributed by atoms with E-state index in [0.29, 0.717) is 0 Å².